The summed E-state index contributed by atoms with van der Waals surface area (Å²) in [4.78, 5) is 13.9. The summed E-state index contributed by atoms with van der Waals surface area (Å²) in [6.07, 6.45) is 0. The lowest BCUT2D eigenvalue weighted by molar-refractivity contribution is 0.0362. The zero-order chi connectivity index (χ0) is 13.4. The lowest BCUT2D eigenvalue weighted by atomic mass is 10.00. The first-order valence-corrected chi connectivity index (χ1v) is 6.46. The van der Waals surface area contributed by atoms with E-state index in [9.17, 15) is 4.79 Å². The van der Waals surface area contributed by atoms with E-state index in [1.165, 1.54) is 0 Å². The van der Waals surface area contributed by atoms with Crippen molar-refractivity contribution in [2.45, 2.75) is 13.5 Å². The van der Waals surface area contributed by atoms with Gasteiger partial charge in [0.15, 0.2) is 0 Å². The number of aliphatic hydroxyl groups is 1. The van der Waals surface area contributed by atoms with Gasteiger partial charge in [-0.25, -0.2) is 4.68 Å². The minimum absolute atomic E-state index is 0.00218. The van der Waals surface area contributed by atoms with E-state index in [1.807, 2.05) is 19.1 Å². The van der Waals surface area contributed by atoms with Crippen molar-refractivity contribution in [3.05, 3.63) is 23.8 Å². The number of carbonyl (C=O) groups excluding carboxylic acids is 1. The van der Waals surface area contributed by atoms with Crippen molar-refractivity contribution < 1.29 is 9.90 Å². The van der Waals surface area contributed by atoms with Crippen LogP contribution in [0.5, 0.6) is 0 Å². The number of aliphatic hydroxyl groups excluding tert-OH is 1. The Morgan fingerprint density at radius 2 is 2.26 bits per heavy atom. The van der Waals surface area contributed by atoms with Crippen molar-refractivity contribution in [1.29, 1.82) is 0 Å². The number of amides is 1. The molecular weight excluding hydrogens is 244 g/mol. The number of aromatic nitrogens is 3. The van der Waals surface area contributed by atoms with Crippen LogP contribution in [0.2, 0.25) is 0 Å². The number of aryl methyl sites for hydroxylation is 1. The molecule has 0 bridgehead atoms. The maximum atomic E-state index is 12.2. The Morgan fingerprint density at radius 1 is 1.47 bits per heavy atom. The second-order valence-electron chi connectivity index (χ2n) is 4.87. The van der Waals surface area contributed by atoms with E-state index in [1.54, 1.807) is 15.6 Å². The van der Waals surface area contributed by atoms with Crippen LogP contribution in [-0.2, 0) is 6.54 Å². The van der Waals surface area contributed by atoms with Gasteiger partial charge in [0.1, 0.15) is 5.52 Å². The molecule has 0 atom stereocenters. The number of carbonyl (C=O) groups is 1. The number of likely N-dealkylation sites (tertiary alicyclic amines) is 1. The first-order chi connectivity index (χ1) is 9.22. The highest BCUT2D eigenvalue weighted by atomic mass is 16.3. The third-order valence-corrected chi connectivity index (χ3v) is 3.56. The van der Waals surface area contributed by atoms with Crippen LogP contribution in [0.4, 0.5) is 0 Å². The number of hydrogen-bond acceptors (Lipinski definition) is 4. The topological polar surface area (TPSA) is 71.2 Å². The Kier molecular flexibility index (Phi) is 2.94. The largest absolute Gasteiger partial charge is 0.396 e. The molecule has 1 fully saturated rings. The van der Waals surface area contributed by atoms with E-state index in [0.29, 0.717) is 18.7 Å². The van der Waals surface area contributed by atoms with Gasteiger partial charge in [0.25, 0.3) is 5.91 Å². The SMILES string of the molecule is CCn1nnc2cc(C(=O)N3CC(CO)C3)ccc21. The van der Waals surface area contributed by atoms with Crippen LogP contribution >= 0.6 is 0 Å². The van der Waals surface area contributed by atoms with Crippen molar-refractivity contribution in [3.63, 3.8) is 0 Å². The van der Waals surface area contributed by atoms with Gasteiger partial charge in [-0.05, 0) is 25.1 Å². The van der Waals surface area contributed by atoms with Gasteiger partial charge in [0, 0.05) is 37.7 Å². The summed E-state index contributed by atoms with van der Waals surface area (Å²) < 4.78 is 1.80. The molecule has 3 rings (SSSR count). The number of rotatable bonds is 3. The van der Waals surface area contributed by atoms with Gasteiger partial charge in [0.05, 0.1) is 5.52 Å². The first-order valence-electron chi connectivity index (χ1n) is 6.46. The Hall–Kier alpha value is -1.95. The average Bonchev–Trinajstić information content (AvgIpc) is 2.79. The summed E-state index contributed by atoms with van der Waals surface area (Å²) in [7, 11) is 0. The molecule has 1 N–H and O–H groups in total. The summed E-state index contributed by atoms with van der Waals surface area (Å²) >= 11 is 0. The quantitative estimate of drug-likeness (QED) is 0.873. The minimum Gasteiger partial charge on any atom is -0.396 e. The molecule has 1 aliphatic heterocycles. The van der Waals surface area contributed by atoms with Gasteiger partial charge in [-0.1, -0.05) is 5.21 Å². The first kappa shape index (κ1) is 12.1. The van der Waals surface area contributed by atoms with E-state index in [4.69, 9.17) is 5.11 Å². The van der Waals surface area contributed by atoms with E-state index in [-0.39, 0.29) is 18.4 Å². The number of hydrogen-bond donors (Lipinski definition) is 1. The van der Waals surface area contributed by atoms with Gasteiger partial charge in [-0.15, -0.1) is 5.10 Å². The summed E-state index contributed by atoms with van der Waals surface area (Å²) in [6.45, 7) is 4.17. The lowest BCUT2D eigenvalue weighted by Gasteiger charge is -2.38. The second kappa shape index (κ2) is 4.62. The molecule has 0 saturated carbocycles. The van der Waals surface area contributed by atoms with Crippen LogP contribution < -0.4 is 0 Å². The second-order valence-corrected chi connectivity index (χ2v) is 4.87. The van der Waals surface area contributed by atoms with Crippen LogP contribution in [0.25, 0.3) is 11.0 Å². The maximum Gasteiger partial charge on any atom is 0.253 e. The van der Waals surface area contributed by atoms with Gasteiger partial charge in [-0.2, -0.15) is 0 Å². The highest BCUT2D eigenvalue weighted by molar-refractivity contribution is 5.97. The Bertz CT molecular complexity index is 616. The smallest absolute Gasteiger partial charge is 0.253 e. The molecule has 0 spiro atoms. The van der Waals surface area contributed by atoms with E-state index in [0.717, 1.165) is 17.6 Å². The van der Waals surface area contributed by atoms with Crippen LogP contribution in [0.1, 0.15) is 17.3 Å². The molecule has 2 heterocycles. The van der Waals surface area contributed by atoms with Gasteiger partial charge < -0.3 is 10.0 Å². The molecule has 1 aliphatic rings. The minimum atomic E-state index is -0.00218. The van der Waals surface area contributed by atoms with Crippen LogP contribution in [0.3, 0.4) is 0 Å². The normalized spacial score (nSPS) is 15.8. The van der Waals surface area contributed by atoms with Crippen molar-refractivity contribution in [3.8, 4) is 0 Å². The molecular formula is C13H16N4O2. The zero-order valence-electron chi connectivity index (χ0n) is 10.8. The number of fused-ring (bicyclic) bond motifs is 1. The lowest BCUT2D eigenvalue weighted by Crippen LogP contribution is -2.51. The van der Waals surface area contributed by atoms with E-state index >= 15 is 0 Å². The van der Waals surface area contributed by atoms with Crippen molar-refractivity contribution in [1.82, 2.24) is 19.9 Å². The molecule has 1 saturated heterocycles. The fourth-order valence-electron chi connectivity index (χ4n) is 2.37. The Labute approximate surface area is 110 Å². The summed E-state index contributed by atoms with van der Waals surface area (Å²) in [5.74, 6) is 0.228. The van der Waals surface area contributed by atoms with Gasteiger partial charge in [-0.3, -0.25) is 4.79 Å². The standard InChI is InChI=1S/C13H16N4O2/c1-2-17-12-4-3-10(5-11(12)14-15-17)13(19)16-6-9(7-16)8-18/h3-5,9,18H,2,6-8H2,1H3. The summed E-state index contributed by atoms with van der Waals surface area (Å²) in [5, 5.41) is 17.1. The highest BCUT2D eigenvalue weighted by Gasteiger charge is 2.30. The van der Waals surface area contributed by atoms with Gasteiger partial charge >= 0.3 is 0 Å². The fraction of sp³-hybridized carbons (Fsp3) is 0.462. The zero-order valence-corrected chi connectivity index (χ0v) is 10.8. The average molecular weight is 260 g/mol. The monoisotopic (exact) mass is 260 g/mol. The van der Waals surface area contributed by atoms with Crippen LogP contribution in [-0.4, -0.2) is 50.6 Å². The van der Waals surface area contributed by atoms with Crippen LogP contribution in [0, 0.1) is 5.92 Å². The number of nitrogens with zero attached hydrogens (tertiary/aromatic N) is 4. The summed E-state index contributed by atoms with van der Waals surface area (Å²) in [6, 6.07) is 5.48. The summed E-state index contributed by atoms with van der Waals surface area (Å²) in [5.41, 5.74) is 2.31. The molecule has 1 aromatic heterocycles. The molecule has 100 valence electrons. The van der Waals surface area contributed by atoms with Crippen molar-refractivity contribution >= 4 is 16.9 Å². The molecule has 0 radical (unpaired) electrons. The molecule has 0 aliphatic carbocycles. The third-order valence-electron chi connectivity index (χ3n) is 3.56. The molecule has 1 amide bonds. The predicted octanol–water partition coefficient (Wildman–Crippen LogP) is 0.516. The maximum absolute atomic E-state index is 12.2. The van der Waals surface area contributed by atoms with Gasteiger partial charge in [0.2, 0.25) is 0 Å². The Morgan fingerprint density at radius 3 is 2.95 bits per heavy atom. The molecule has 19 heavy (non-hydrogen) atoms. The van der Waals surface area contributed by atoms with E-state index < -0.39 is 0 Å². The molecule has 2 aromatic rings. The number of benzene rings is 1. The van der Waals surface area contributed by atoms with E-state index in [2.05, 4.69) is 10.3 Å². The highest BCUT2D eigenvalue weighted by Crippen LogP contribution is 2.20. The third kappa shape index (κ3) is 1.98. The molecule has 1 aromatic carbocycles. The van der Waals surface area contributed by atoms with Crippen molar-refractivity contribution in [2.24, 2.45) is 5.92 Å². The van der Waals surface area contributed by atoms with Crippen LogP contribution in [0.15, 0.2) is 18.2 Å². The molecule has 6 nitrogen and oxygen atoms in total. The predicted molar refractivity (Wildman–Crippen MR) is 69.7 cm³/mol. The molecule has 0 unspecified atom stereocenters. The molecule has 6 heteroatoms. The fourth-order valence-corrected chi connectivity index (χ4v) is 2.37. The Balaban J connectivity index is 1.83. The van der Waals surface area contributed by atoms with Crippen molar-refractivity contribution in [2.75, 3.05) is 19.7 Å².